The van der Waals surface area contributed by atoms with Gasteiger partial charge in [0.1, 0.15) is 12.4 Å². The van der Waals surface area contributed by atoms with E-state index >= 15 is 0 Å². The Morgan fingerprint density at radius 1 is 1.45 bits per heavy atom. The van der Waals surface area contributed by atoms with E-state index in [1.54, 1.807) is 0 Å². The van der Waals surface area contributed by atoms with E-state index in [1.165, 1.54) is 23.1 Å². The number of amides is 2. The van der Waals surface area contributed by atoms with Crippen LogP contribution in [0.1, 0.15) is 12.8 Å². The molecule has 0 radical (unpaired) electrons. The molecule has 1 saturated carbocycles. The lowest BCUT2D eigenvalue weighted by molar-refractivity contribution is -0.137. The lowest BCUT2D eigenvalue weighted by Crippen LogP contribution is -2.40. The summed E-state index contributed by atoms with van der Waals surface area (Å²) in [6.07, 6.45) is 2.01. The van der Waals surface area contributed by atoms with E-state index < -0.39 is 17.8 Å². The zero-order valence-electron chi connectivity index (χ0n) is 10.6. The van der Waals surface area contributed by atoms with E-state index in [-0.39, 0.29) is 12.2 Å². The topological polar surface area (TPSA) is 69.6 Å². The van der Waals surface area contributed by atoms with Gasteiger partial charge in [-0.05, 0) is 52.9 Å². The number of carbonyl (C=O) groups excluding carboxylic acids is 1. The van der Waals surface area contributed by atoms with E-state index in [0.717, 1.165) is 12.8 Å². The second-order valence-electron chi connectivity index (χ2n) is 4.77. The maximum Gasteiger partial charge on any atom is 0.323 e. The molecule has 2 N–H and O–H groups in total. The summed E-state index contributed by atoms with van der Waals surface area (Å²) >= 11 is 3.21. The molecule has 1 aromatic rings. The molecule has 0 atom stereocenters. The van der Waals surface area contributed by atoms with E-state index in [0.29, 0.717) is 16.9 Å². The number of carboxylic acids is 1. The van der Waals surface area contributed by atoms with Crippen molar-refractivity contribution in [2.45, 2.75) is 12.8 Å². The van der Waals surface area contributed by atoms with Crippen molar-refractivity contribution in [1.29, 1.82) is 0 Å². The fourth-order valence-corrected chi connectivity index (χ4v) is 2.13. The van der Waals surface area contributed by atoms with Gasteiger partial charge < -0.3 is 15.3 Å². The molecule has 20 heavy (non-hydrogen) atoms. The Kier molecular flexibility index (Phi) is 4.59. The smallest absolute Gasteiger partial charge is 0.323 e. The molecule has 1 aromatic carbocycles. The van der Waals surface area contributed by atoms with Gasteiger partial charge in [0.15, 0.2) is 0 Å². The fraction of sp³-hybridized carbons (Fsp3) is 0.385. The number of urea groups is 1. The highest BCUT2D eigenvalue weighted by Gasteiger charge is 2.28. The Morgan fingerprint density at radius 3 is 2.75 bits per heavy atom. The number of benzene rings is 1. The van der Waals surface area contributed by atoms with Crippen molar-refractivity contribution >= 4 is 33.6 Å². The summed E-state index contributed by atoms with van der Waals surface area (Å²) in [5.74, 6) is -1.18. The van der Waals surface area contributed by atoms with Crippen molar-refractivity contribution < 1.29 is 19.1 Å². The molecule has 0 saturated heterocycles. The highest BCUT2D eigenvalue weighted by atomic mass is 79.9. The average molecular weight is 345 g/mol. The van der Waals surface area contributed by atoms with Crippen LogP contribution in [0.2, 0.25) is 0 Å². The summed E-state index contributed by atoms with van der Waals surface area (Å²) in [5, 5.41) is 11.4. The molecule has 1 fully saturated rings. The normalized spacial score (nSPS) is 13.9. The van der Waals surface area contributed by atoms with E-state index in [1.807, 2.05) is 0 Å². The first-order valence-electron chi connectivity index (χ1n) is 6.18. The van der Waals surface area contributed by atoms with Crippen LogP contribution < -0.4 is 5.32 Å². The summed E-state index contributed by atoms with van der Waals surface area (Å²) < 4.78 is 13.7. The van der Waals surface area contributed by atoms with Crippen molar-refractivity contribution in [3.05, 3.63) is 28.5 Å². The minimum absolute atomic E-state index is 0.279. The Bertz CT molecular complexity index is 534. The van der Waals surface area contributed by atoms with E-state index in [2.05, 4.69) is 21.2 Å². The third kappa shape index (κ3) is 4.19. The third-order valence-corrected chi connectivity index (χ3v) is 3.65. The zero-order chi connectivity index (χ0) is 14.7. The molecule has 5 nitrogen and oxygen atoms in total. The summed E-state index contributed by atoms with van der Waals surface area (Å²) in [6.45, 7) is 0.0420. The third-order valence-electron chi connectivity index (χ3n) is 2.96. The van der Waals surface area contributed by atoms with Crippen LogP contribution in [0.15, 0.2) is 22.7 Å². The predicted molar refractivity (Wildman–Crippen MR) is 75.1 cm³/mol. The molecule has 0 spiro atoms. The molecular weight excluding hydrogens is 331 g/mol. The molecule has 0 aliphatic heterocycles. The number of hydrogen-bond donors (Lipinski definition) is 2. The molecule has 0 bridgehead atoms. The van der Waals surface area contributed by atoms with Crippen LogP contribution in [0, 0.1) is 11.7 Å². The maximum absolute atomic E-state index is 13.1. The van der Waals surface area contributed by atoms with Gasteiger partial charge in [-0.1, -0.05) is 0 Å². The number of carbonyl (C=O) groups is 2. The van der Waals surface area contributed by atoms with Gasteiger partial charge in [-0.15, -0.1) is 0 Å². The Labute approximate surface area is 123 Å². The predicted octanol–water partition coefficient (Wildman–Crippen LogP) is 2.92. The number of nitrogens with one attached hydrogen (secondary N) is 1. The molecule has 7 heteroatoms. The number of hydrogen-bond acceptors (Lipinski definition) is 2. The number of aliphatic carboxylic acids is 1. The van der Waals surface area contributed by atoms with Crippen molar-refractivity contribution in [2.24, 2.45) is 5.92 Å². The first kappa shape index (κ1) is 14.8. The summed E-state index contributed by atoms with van der Waals surface area (Å²) in [5.41, 5.74) is 0.279. The fourth-order valence-electron chi connectivity index (χ4n) is 1.78. The molecule has 2 amide bonds. The van der Waals surface area contributed by atoms with Gasteiger partial charge in [0.05, 0.1) is 5.69 Å². The van der Waals surface area contributed by atoms with Crippen LogP contribution in [0.5, 0.6) is 0 Å². The molecule has 0 heterocycles. The van der Waals surface area contributed by atoms with Gasteiger partial charge in [0.25, 0.3) is 0 Å². The van der Waals surface area contributed by atoms with Crippen LogP contribution in [0.25, 0.3) is 0 Å². The average Bonchev–Trinajstić information content (AvgIpc) is 3.16. The van der Waals surface area contributed by atoms with Crippen LogP contribution in [-0.2, 0) is 4.79 Å². The van der Waals surface area contributed by atoms with Crippen molar-refractivity contribution in [1.82, 2.24) is 4.90 Å². The molecule has 0 unspecified atom stereocenters. The van der Waals surface area contributed by atoms with Gasteiger partial charge in [-0.2, -0.15) is 0 Å². The van der Waals surface area contributed by atoms with Gasteiger partial charge in [-0.3, -0.25) is 4.79 Å². The second-order valence-corrected chi connectivity index (χ2v) is 5.63. The van der Waals surface area contributed by atoms with Crippen LogP contribution in [-0.4, -0.2) is 35.1 Å². The lowest BCUT2D eigenvalue weighted by Gasteiger charge is -2.21. The highest BCUT2D eigenvalue weighted by molar-refractivity contribution is 9.10. The standard InChI is InChI=1S/C13H14BrFN2O3/c14-10-4-3-9(15)5-11(10)16-13(20)17(7-12(18)19)6-8-1-2-8/h3-5,8H,1-2,6-7H2,(H,16,20)(H,18,19). The van der Waals surface area contributed by atoms with Crippen molar-refractivity contribution in [3.63, 3.8) is 0 Å². The van der Waals surface area contributed by atoms with Gasteiger partial charge in [0, 0.05) is 11.0 Å². The number of carboxylic acid groups (broad SMARTS) is 1. The minimum atomic E-state index is -1.07. The van der Waals surface area contributed by atoms with Gasteiger partial charge in [-0.25, -0.2) is 9.18 Å². The highest BCUT2D eigenvalue weighted by Crippen LogP contribution is 2.30. The number of halogens is 2. The van der Waals surface area contributed by atoms with Crippen molar-refractivity contribution in [3.8, 4) is 0 Å². The first-order chi connectivity index (χ1) is 9.45. The maximum atomic E-state index is 13.1. The van der Waals surface area contributed by atoms with Crippen molar-refractivity contribution in [2.75, 3.05) is 18.4 Å². The Balaban J connectivity index is 2.06. The van der Waals surface area contributed by atoms with E-state index in [9.17, 15) is 14.0 Å². The van der Waals surface area contributed by atoms with Gasteiger partial charge in [0.2, 0.25) is 0 Å². The van der Waals surface area contributed by atoms with Gasteiger partial charge >= 0.3 is 12.0 Å². The SMILES string of the molecule is O=C(O)CN(CC1CC1)C(=O)Nc1cc(F)ccc1Br. The first-order valence-corrected chi connectivity index (χ1v) is 6.98. The van der Waals surface area contributed by atoms with E-state index in [4.69, 9.17) is 5.11 Å². The Hall–Kier alpha value is -1.63. The number of anilines is 1. The molecule has 108 valence electrons. The number of nitrogens with zero attached hydrogens (tertiary/aromatic N) is 1. The zero-order valence-corrected chi connectivity index (χ0v) is 12.2. The summed E-state index contributed by atoms with van der Waals surface area (Å²) in [6, 6.07) is 3.38. The molecule has 2 rings (SSSR count). The molecule has 1 aliphatic carbocycles. The number of rotatable bonds is 5. The quantitative estimate of drug-likeness (QED) is 0.862. The molecular formula is C13H14BrFN2O3. The second kappa shape index (κ2) is 6.21. The van der Waals surface area contributed by atoms with Crippen LogP contribution in [0.4, 0.5) is 14.9 Å². The minimum Gasteiger partial charge on any atom is -0.480 e. The molecule has 1 aliphatic rings. The largest absolute Gasteiger partial charge is 0.480 e. The lowest BCUT2D eigenvalue weighted by atomic mass is 10.3. The van der Waals surface area contributed by atoms with Crippen LogP contribution in [0.3, 0.4) is 0 Å². The monoisotopic (exact) mass is 344 g/mol. The van der Waals surface area contributed by atoms with Crippen LogP contribution >= 0.6 is 15.9 Å². The Morgan fingerprint density at radius 2 is 2.15 bits per heavy atom. The summed E-state index contributed by atoms with van der Waals surface area (Å²) in [7, 11) is 0. The molecule has 0 aromatic heterocycles. The summed E-state index contributed by atoms with van der Waals surface area (Å²) in [4.78, 5) is 24.1.